The fourth-order valence-electron chi connectivity index (χ4n) is 2.13. The fourth-order valence-corrected chi connectivity index (χ4v) is 2.13. The zero-order chi connectivity index (χ0) is 16.4. The van der Waals surface area contributed by atoms with Crippen molar-refractivity contribution < 1.29 is 9.85 Å². The number of hydrogen-bond donors (Lipinski definition) is 1. The van der Waals surface area contributed by atoms with Crippen LogP contribution in [0.4, 0.5) is 11.4 Å². The highest BCUT2D eigenvalue weighted by atomic mass is 16.6. The molecule has 0 atom stereocenters. The number of aromatic amines is 1. The first-order valence-corrected chi connectivity index (χ1v) is 6.59. The van der Waals surface area contributed by atoms with Gasteiger partial charge in [-0.15, -0.1) is 0 Å². The Hall–Kier alpha value is -3.55. The van der Waals surface area contributed by atoms with E-state index in [9.17, 15) is 20.2 Å². The molecule has 1 N–H and O–H groups in total. The van der Waals surface area contributed by atoms with Crippen LogP contribution in [0.5, 0.6) is 0 Å². The molecule has 0 bridgehead atoms. The number of hydrogen-bond acceptors (Lipinski definition) is 5. The Kier molecular flexibility index (Phi) is 3.55. The van der Waals surface area contributed by atoms with Crippen molar-refractivity contribution in [3.8, 4) is 22.5 Å². The van der Waals surface area contributed by atoms with Crippen molar-refractivity contribution in [2.45, 2.75) is 0 Å². The molecule has 1 heterocycles. The topological polar surface area (TPSA) is 115 Å². The average molecular weight is 310 g/mol. The summed E-state index contributed by atoms with van der Waals surface area (Å²) in [5.41, 5.74) is 2.86. The predicted molar refractivity (Wildman–Crippen MR) is 82.8 cm³/mol. The smallest absolute Gasteiger partial charge is 0.269 e. The molecule has 3 aromatic rings. The summed E-state index contributed by atoms with van der Waals surface area (Å²) in [6.07, 6.45) is 0. The Balaban J connectivity index is 1.87. The average Bonchev–Trinajstić information content (AvgIpc) is 3.05. The van der Waals surface area contributed by atoms with E-state index in [0.29, 0.717) is 11.4 Å². The lowest BCUT2D eigenvalue weighted by atomic mass is 10.1. The lowest BCUT2D eigenvalue weighted by Crippen LogP contribution is -1.87. The Morgan fingerprint density at radius 1 is 0.783 bits per heavy atom. The molecule has 0 saturated carbocycles. The maximum Gasteiger partial charge on any atom is 0.269 e. The largest absolute Gasteiger partial charge is 0.277 e. The molecule has 0 amide bonds. The number of aromatic nitrogens is 2. The summed E-state index contributed by atoms with van der Waals surface area (Å²) in [6.45, 7) is 0. The standard InChI is InChI=1S/C15H10N4O4/c20-18(21)12-5-1-10(2-6-12)14-9-15(17-16-14)11-3-7-13(8-4-11)19(22)23/h1-9H,(H,16,17). The van der Waals surface area contributed by atoms with Crippen molar-refractivity contribution in [2.75, 3.05) is 0 Å². The fraction of sp³-hybridized carbons (Fsp3) is 0. The molecule has 0 radical (unpaired) electrons. The van der Waals surface area contributed by atoms with Gasteiger partial charge in [0.1, 0.15) is 0 Å². The third-order valence-electron chi connectivity index (χ3n) is 3.34. The second kappa shape index (κ2) is 5.68. The summed E-state index contributed by atoms with van der Waals surface area (Å²) in [7, 11) is 0. The van der Waals surface area contributed by atoms with Gasteiger partial charge in [0.25, 0.3) is 11.4 Å². The third kappa shape index (κ3) is 2.91. The number of H-pyrrole nitrogens is 1. The van der Waals surface area contributed by atoms with Crippen LogP contribution in [0.3, 0.4) is 0 Å². The molecule has 3 rings (SSSR count). The van der Waals surface area contributed by atoms with Crippen molar-refractivity contribution in [1.82, 2.24) is 10.2 Å². The van der Waals surface area contributed by atoms with Crippen LogP contribution in [0.1, 0.15) is 0 Å². The van der Waals surface area contributed by atoms with Crippen LogP contribution in [0.2, 0.25) is 0 Å². The van der Waals surface area contributed by atoms with Gasteiger partial charge in [0.15, 0.2) is 0 Å². The zero-order valence-corrected chi connectivity index (χ0v) is 11.7. The van der Waals surface area contributed by atoms with Gasteiger partial charge in [0.2, 0.25) is 0 Å². The van der Waals surface area contributed by atoms with E-state index in [1.165, 1.54) is 24.3 Å². The molecule has 1 aromatic heterocycles. The van der Waals surface area contributed by atoms with E-state index in [2.05, 4.69) is 10.2 Å². The van der Waals surface area contributed by atoms with Crippen molar-refractivity contribution >= 4 is 11.4 Å². The van der Waals surface area contributed by atoms with Gasteiger partial charge in [-0.05, 0) is 30.3 Å². The Bertz CT molecular complexity index is 797. The van der Waals surface area contributed by atoms with E-state index in [1.54, 1.807) is 30.3 Å². The minimum atomic E-state index is -0.462. The van der Waals surface area contributed by atoms with Crippen molar-refractivity contribution in [1.29, 1.82) is 0 Å². The molecular weight excluding hydrogens is 300 g/mol. The molecule has 0 unspecified atom stereocenters. The van der Waals surface area contributed by atoms with Crippen LogP contribution in [-0.4, -0.2) is 20.0 Å². The lowest BCUT2D eigenvalue weighted by Gasteiger charge is -1.97. The van der Waals surface area contributed by atoms with Gasteiger partial charge in [0, 0.05) is 35.4 Å². The van der Waals surface area contributed by atoms with Gasteiger partial charge in [0.05, 0.1) is 21.2 Å². The first kappa shape index (κ1) is 14.4. The van der Waals surface area contributed by atoms with Crippen LogP contribution >= 0.6 is 0 Å². The number of benzene rings is 2. The molecule has 23 heavy (non-hydrogen) atoms. The van der Waals surface area contributed by atoms with Gasteiger partial charge in [-0.25, -0.2) is 0 Å². The van der Waals surface area contributed by atoms with Crippen molar-refractivity contribution in [3.63, 3.8) is 0 Å². The van der Waals surface area contributed by atoms with Crippen LogP contribution in [0.15, 0.2) is 54.6 Å². The van der Waals surface area contributed by atoms with Crippen LogP contribution in [0.25, 0.3) is 22.5 Å². The highest BCUT2D eigenvalue weighted by molar-refractivity contribution is 5.69. The Morgan fingerprint density at radius 2 is 1.26 bits per heavy atom. The first-order chi connectivity index (χ1) is 11.0. The maximum absolute atomic E-state index is 10.7. The van der Waals surface area contributed by atoms with Gasteiger partial charge >= 0.3 is 0 Å². The lowest BCUT2D eigenvalue weighted by molar-refractivity contribution is -0.385. The summed E-state index contributed by atoms with van der Waals surface area (Å²) in [6, 6.07) is 13.9. The summed E-state index contributed by atoms with van der Waals surface area (Å²) in [5.74, 6) is 0. The molecule has 114 valence electrons. The molecule has 0 spiro atoms. The van der Waals surface area contributed by atoms with E-state index >= 15 is 0 Å². The van der Waals surface area contributed by atoms with Gasteiger partial charge in [-0.1, -0.05) is 0 Å². The second-order valence-corrected chi connectivity index (χ2v) is 4.77. The molecule has 0 aliphatic rings. The Labute approximate surface area is 129 Å². The molecule has 0 aliphatic carbocycles. The number of nitro groups is 2. The van der Waals surface area contributed by atoms with E-state index in [-0.39, 0.29) is 11.4 Å². The molecule has 8 heteroatoms. The number of nitrogens with zero attached hydrogens (tertiary/aromatic N) is 3. The number of rotatable bonds is 4. The number of nitrogens with one attached hydrogen (secondary N) is 1. The Morgan fingerprint density at radius 3 is 1.74 bits per heavy atom. The maximum atomic E-state index is 10.7. The molecule has 2 aromatic carbocycles. The quantitative estimate of drug-likeness (QED) is 0.584. The highest BCUT2D eigenvalue weighted by Crippen LogP contribution is 2.26. The van der Waals surface area contributed by atoms with Crippen LogP contribution in [-0.2, 0) is 0 Å². The predicted octanol–water partition coefficient (Wildman–Crippen LogP) is 3.56. The van der Waals surface area contributed by atoms with E-state index in [1.807, 2.05) is 0 Å². The van der Waals surface area contributed by atoms with Gasteiger partial charge in [-0.2, -0.15) is 5.10 Å². The van der Waals surface area contributed by atoms with E-state index in [4.69, 9.17) is 0 Å². The first-order valence-electron chi connectivity index (χ1n) is 6.59. The van der Waals surface area contributed by atoms with Crippen molar-refractivity contribution in [2.24, 2.45) is 0 Å². The molecular formula is C15H10N4O4. The normalized spacial score (nSPS) is 10.4. The summed E-state index contributed by atoms with van der Waals surface area (Å²) in [5, 5.41) is 28.3. The summed E-state index contributed by atoms with van der Waals surface area (Å²) >= 11 is 0. The van der Waals surface area contributed by atoms with Crippen LogP contribution < -0.4 is 0 Å². The monoisotopic (exact) mass is 310 g/mol. The third-order valence-corrected chi connectivity index (χ3v) is 3.34. The molecule has 0 aliphatic heterocycles. The molecule has 8 nitrogen and oxygen atoms in total. The second-order valence-electron chi connectivity index (χ2n) is 4.77. The minimum Gasteiger partial charge on any atom is -0.277 e. The highest BCUT2D eigenvalue weighted by Gasteiger charge is 2.10. The summed E-state index contributed by atoms with van der Waals surface area (Å²) < 4.78 is 0. The van der Waals surface area contributed by atoms with Crippen molar-refractivity contribution in [3.05, 3.63) is 74.8 Å². The minimum absolute atomic E-state index is 0.0138. The zero-order valence-electron chi connectivity index (χ0n) is 11.7. The molecule has 0 fully saturated rings. The number of nitro benzene ring substituents is 2. The van der Waals surface area contributed by atoms with Gasteiger partial charge < -0.3 is 0 Å². The SMILES string of the molecule is O=[N+]([O-])c1ccc(-c2cc(-c3ccc([N+](=O)[O-])cc3)[nH]n2)cc1. The van der Waals surface area contributed by atoms with Gasteiger partial charge in [-0.3, -0.25) is 25.3 Å². The number of non-ortho nitro benzene ring substituents is 2. The molecule has 0 saturated heterocycles. The van der Waals surface area contributed by atoms with E-state index in [0.717, 1.165) is 11.1 Å². The summed E-state index contributed by atoms with van der Waals surface area (Å²) in [4.78, 5) is 20.4. The van der Waals surface area contributed by atoms with E-state index < -0.39 is 9.85 Å². The van der Waals surface area contributed by atoms with Crippen LogP contribution in [0, 0.1) is 20.2 Å².